The summed E-state index contributed by atoms with van der Waals surface area (Å²) in [5.41, 5.74) is -3.99. The fraction of sp³-hybridized carbons (Fsp3) is 0.333. The molecule has 0 aliphatic rings. The molecule has 0 fully saturated rings. The Hall–Kier alpha value is -1.90. The van der Waals surface area contributed by atoms with Crippen LogP contribution in [0, 0.1) is 0 Å². The van der Waals surface area contributed by atoms with Crippen LogP contribution in [0.3, 0.4) is 0 Å². The molecule has 0 saturated carbocycles. The van der Waals surface area contributed by atoms with E-state index in [9.17, 15) is 22.8 Å². The van der Waals surface area contributed by atoms with Gasteiger partial charge in [0.1, 0.15) is 0 Å². The van der Waals surface area contributed by atoms with Crippen LogP contribution in [0.2, 0.25) is 0 Å². The van der Waals surface area contributed by atoms with E-state index < -0.39 is 23.6 Å². The van der Waals surface area contributed by atoms with Gasteiger partial charge in [0.25, 0.3) is 0 Å². The van der Waals surface area contributed by atoms with E-state index >= 15 is 0 Å². The van der Waals surface area contributed by atoms with Crippen LogP contribution in [-0.4, -0.2) is 34.9 Å². The van der Waals surface area contributed by atoms with Crippen molar-refractivity contribution in [1.82, 2.24) is 10.6 Å². The van der Waals surface area contributed by atoms with Crippen LogP contribution in [0.4, 0.5) is 18.0 Å². The van der Waals surface area contributed by atoms with Gasteiger partial charge in [0.15, 0.2) is 6.04 Å². The van der Waals surface area contributed by atoms with Gasteiger partial charge in [0.2, 0.25) is 0 Å². The van der Waals surface area contributed by atoms with Gasteiger partial charge in [-0.2, -0.15) is 13.2 Å². The van der Waals surface area contributed by atoms with Crippen molar-refractivity contribution in [3.63, 3.8) is 0 Å². The molecule has 1 rings (SSSR count). The molecule has 0 aromatic heterocycles. The molecule has 1 aromatic carbocycles. The fourth-order valence-electron chi connectivity index (χ4n) is 1.45. The van der Waals surface area contributed by atoms with Crippen molar-refractivity contribution in [2.75, 3.05) is 12.3 Å². The van der Waals surface area contributed by atoms with Gasteiger partial charge in [-0.15, -0.1) is 0 Å². The minimum Gasteiger partial charge on any atom is -0.479 e. The maximum absolute atomic E-state index is 11.9. The third kappa shape index (κ3) is 6.89. The molecule has 0 spiro atoms. The average molecular weight is 322 g/mol. The molecule has 3 N–H and O–H groups in total. The van der Waals surface area contributed by atoms with E-state index in [2.05, 4.69) is 10.6 Å². The zero-order valence-corrected chi connectivity index (χ0v) is 11.5. The van der Waals surface area contributed by atoms with Gasteiger partial charge in [-0.25, -0.2) is 9.59 Å². The Morgan fingerprint density at radius 2 is 1.86 bits per heavy atom. The topological polar surface area (TPSA) is 78.4 Å². The summed E-state index contributed by atoms with van der Waals surface area (Å²) in [6, 6.07) is 5.87. The van der Waals surface area contributed by atoms with Crippen LogP contribution >= 0.6 is 11.8 Å². The first kappa shape index (κ1) is 17.2. The number of urea groups is 1. The fourth-order valence-corrected chi connectivity index (χ4v) is 1.88. The highest BCUT2D eigenvalue weighted by Crippen LogP contribution is 2.29. The first-order valence-electron chi connectivity index (χ1n) is 5.82. The number of hydrogen-bond acceptors (Lipinski definition) is 3. The molecule has 0 heterocycles. The molecular formula is C12H13F3N2O3S. The van der Waals surface area contributed by atoms with Crippen LogP contribution in [0.5, 0.6) is 0 Å². The largest absolute Gasteiger partial charge is 0.479 e. The van der Waals surface area contributed by atoms with Gasteiger partial charge in [-0.05, 0) is 17.3 Å². The van der Waals surface area contributed by atoms with Crippen LogP contribution in [0.1, 0.15) is 11.6 Å². The number of halogens is 3. The lowest BCUT2D eigenvalue weighted by atomic mass is 10.1. The first-order valence-corrected chi connectivity index (χ1v) is 6.81. The quantitative estimate of drug-likeness (QED) is 0.703. The first-order chi connectivity index (χ1) is 9.79. The zero-order valence-electron chi connectivity index (χ0n) is 10.7. The number of carbonyl (C=O) groups excluding carboxylic acids is 1. The van der Waals surface area contributed by atoms with Crippen molar-refractivity contribution >= 4 is 23.8 Å². The van der Waals surface area contributed by atoms with Gasteiger partial charge in [-0.1, -0.05) is 30.3 Å². The molecule has 9 heteroatoms. The summed E-state index contributed by atoms with van der Waals surface area (Å²) >= 11 is -0.262. The van der Waals surface area contributed by atoms with E-state index in [0.717, 1.165) is 0 Å². The number of aliphatic carboxylic acids is 1. The third-order valence-electron chi connectivity index (χ3n) is 2.31. The molecule has 0 bridgehead atoms. The Morgan fingerprint density at radius 1 is 1.24 bits per heavy atom. The molecular weight excluding hydrogens is 309 g/mol. The minimum absolute atomic E-state index is 0.225. The standard InChI is InChI=1S/C12H13F3N2O3S/c13-12(14,15)21-7-6-16-11(20)17-9(10(18)19)8-4-2-1-3-5-8/h1-5,9H,6-7H2,(H,18,19)(H2,16,17,20)/t9-/m1/s1. The summed E-state index contributed by atoms with van der Waals surface area (Å²) in [6.45, 7) is -0.225. The lowest BCUT2D eigenvalue weighted by Crippen LogP contribution is -2.41. The predicted octanol–water partition coefficient (Wildman–Crippen LogP) is 2.36. The third-order valence-corrected chi connectivity index (χ3v) is 3.04. The summed E-state index contributed by atoms with van der Waals surface area (Å²) in [5.74, 6) is -1.61. The number of carboxylic acids is 1. The molecule has 5 nitrogen and oxygen atoms in total. The number of benzene rings is 1. The number of amides is 2. The summed E-state index contributed by atoms with van der Waals surface area (Å²) in [7, 11) is 0. The average Bonchev–Trinajstić information content (AvgIpc) is 2.40. The van der Waals surface area contributed by atoms with E-state index in [4.69, 9.17) is 5.11 Å². The Bertz CT molecular complexity index is 482. The number of carboxylic acid groups (broad SMARTS) is 1. The molecule has 0 unspecified atom stereocenters. The van der Waals surface area contributed by atoms with Crippen LogP contribution in [0.15, 0.2) is 30.3 Å². The molecule has 1 atom stereocenters. The summed E-state index contributed by atoms with van der Waals surface area (Å²) in [5, 5.41) is 13.4. The van der Waals surface area contributed by atoms with E-state index in [0.29, 0.717) is 5.56 Å². The van der Waals surface area contributed by atoms with Gasteiger partial charge < -0.3 is 15.7 Å². The SMILES string of the molecule is O=C(NCCSC(F)(F)F)N[C@@H](C(=O)O)c1ccccc1. The number of thioether (sulfide) groups is 1. The molecule has 0 aliphatic carbocycles. The Labute approximate surface area is 122 Å². The number of rotatable bonds is 6. The number of carbonyl (C=O) groups is 2. The highest BCUT2D eigenvalue weighted by Gasteiger charge is 2.27. The predicted molar refractivity (Wildman–Crippen MR) is 71.9 cm³/mol. The van der Waals surface area contributed by atoms with Gasteiger partial charge in [0, 0.05) is 12.3 Å². The Balaban J connectivity index is 2.46. The van der Waals surface area contributed by atoms with E-state index in [1.807, 2.05) is 0 Å². The lowest BCUT2D eigenvalue weighted by molar-refractivity contribution is -0.139. The maximum atomic E-state index is 11.9. The van der Waals surface area contributed by atoms with Crippen molar-refractivity contribution in [3.05, 3.63) is 35.9 Å². The molecule has 1 aromatic rings. The van der Waals surface area contributed by atoms with Crippen molar-refractivity contribution < 1.29 is 27.9 Å². The van der Waals surface area contributed by atoms with Gasteiger partial charge in [-0.3, -0.25) is 0 Å². The number of alkyl halides is 3. The van der Waals surface area contributed by atoms with Gasteiger partial charge in [0.05, 0.1) is 0 Å². The van der Waals surface area contributed by atoms with Crippen molar-refractivity contribution in [3.8, 4) is 0 Å². The number of nitrogens with one attached hydrogen (secondary N) is 2. The van der Waals surface area contributed by atoms with Crippen molar-refractivity contribution in [2.24, 2.45) is 0 Å². The molecule has 2 amide bonds. The maximum Gasteiger partial charge on any atom is 0.441 e. The van der Waals surface area contributed by atoms with Crippen molar-refractivity contribution in [1.29, 1.82) is 0 Å². The lowest BCUT2D eigenvalue weighted by Gasteiger charge is -2.15. The van der Waals surface area contributed by atoms with Gasteiger partial charge >= 0.3 is 17.5 Å². The second-order valence-corrected chi connectivity index (χ2v) is 5.04. The second-order valence-electron chi connectivity index (χ2n) is 3.88. The Kier molecular flexibility index (Phi) is 6.35. The molecule has 0 radical (unpaired) electrons. The summed E-state index contributed by atoms with van der Waals surface area (Å²) in [6.07, 6.45) is 0. The monoisotopic (exact) mass is 322 g/mol. The Morgan fingerprint density at radius 3 is 2.38 bits per heavy atom. The van der Waals surface area contributed by atoms with E-state index in [1.165, 1.54) is 12.1 Å². The summed E-state index contributed by atoms with van der Waals surface area (Å²) < 4.78 is 35.6. The number of hydrogen-bond donors (Lipinski definition) is 3. The smallest absolute Gasteiger partial charge is 0.441 e. The molecule has 21 heavy (non-hydrogen) atoms. The van der Waals surface area contributed by atoms with Crippen molar-refractivity contribution in [2.45, 2.75) is 11.6 Å². The van der Waals surface area contributed by atoms with E-state index in [1.54, 1.807) is 18.2 Å². The van der Waals surface area contributed by atoms with Crippen LogP contribution in [0.25, 0.3) is 0 Å². The minimum atomic E-state index is -4.36. The highest BCUT2D eigenvalue weighted by molar-refractivity contribution is 8.00. The molecule has 0 saturated heterocycles. The normalized spacial score (nSPS) is 12.5. The molecule has 0 aliphatic heterocycles. The second kappa shape index (κ2) is 7.77. The molecule has 116 valence electrons. The van der Waals surface area contributed by atoms with Crippen LogP contribution in [-0.2, 0) is 4.79 Å². The highest BCUT2D eigenvalue weighted by atomic mass is 32.2. The summed E-state index contributed by atoms with van der Waals surface area (Å²) in [4.78, 5) is 22.6. The zero-order chi connectivity index (χ0) is 15.9. The van der Waals surface area contributed by atoms with E-state index in [-0.39, 0.29) is 24.1 Å². The van der Waals surface area contributed by atoms with Crippen LogP contribution < -0.4 is 10.6 Å².